The van der Waals surface area contributed by atoms with Crippen molar-refractivity contribution in [2.75, 3.05) is 13.1 Å². The molecule has 3 fully saturated rings. The summed E-state index contributed by atoms with van der Waals surface area (Å²) in [6.45, 7) is 4.05. The average molecular weight is 197 g/mol. The van der Waals surface area contributed by atoms with Crippen LogP contribution in [-0.2, 0) is 4.79 Å². The molecular weight excluding hydrogens is 182 g/mol. The number of nitrogens with zero attached hydrogens (tertiary/aromatic N) is 1. The molecule has 0 saturated carbocycles. The monoisotopic (exact) mass is 197 g/mol. The van der Waals surface area contributed by atoms with Crippen molar-refractivity contribution in [3.63, 3.8) is 0 Å². The molecule has 4 atom stereocenters. The van der Waals surface area contributed by atoms with E-state index in [1.807, 2.05) is 0 Å². The Bertz CT molecular complexity index is 255. The molecule has 3 heteroatoms. The van der Waals surface area contributed by atoms with Crippen molar-refractivity contribution in [3.8, 4) is 0 Å². The Morgan fingerprint density at radius 1 is 1.46 bits per heavy atom. The fraction of sp³-hybridized carbons (Fsp3) is 0.900. The maximum atomic E-state index is 11.9. The van der Waals surface area contributed by atoms with Crippen LogP contribution >= 0.6 is 11.8 Å². The minimum absolute atomic E-state index is 0.406. The lowest BCUT2D eigenvalue weighted by Crippen LogP contribution is -2.30. The SMILES string of the molecule is CCN1CC2C3CCC(S3)C2C1=O. The van der Waals surface area contributed by atoms with E-state index in [4.69, 9.17) is 0 Å². The van der Waals surface area contributed by atoms with E-state index in [2.05, 4.69) is 23.6 Å². The number of thioether (sulfide) groups is 1. The number of fused-ring (bicyclic) bond motifs is 5. The van der Waals surface area contributed by atoms with E-state index in [0.29, 0.717) is 23.0 Å². The van der Waals surface area contributed by atoms with Gasteiger partial charge in [0.25, 0.3) is 0 Å². The van der Waals surface area contributed by atoms with Crippen molar-refractivity contribution in [1.82, 2.24) is 4.90 Å². The van der Waals surface area contributed by atoms with Gasteiger partial charge >= 0.3 is 0 Å². The first-order valence-electron chi connectivity index (χ1n) is 5.25. The predicted molar refractivity (Wildman–Crippen MR) is 53.6 cm³/mol. The van der Waals surface area contributed by atoms with Gasteiger partial charge in [-0.25, -0.2) is 0 Å². The zero-order chi connectivity index (χ0) is 9.00. The summed E-state index contributed by atoms with van der Waals surface area (Å²) < 4.78 is 0. The number of carbonyl (C=O) groups is 1. The third-order valence-corrected chi connectivity index (χ3v) is 5.65. The molecule has 1 amide bonds. The van der Waals surface area contributed by atoms with Gasteiger partial charge in [0.05, 0.1) is 5.92 Å². The highest BCUT2D eigenvalue weighted by Gasteiger charge is 2.56. The number of hydrogen-bond acceptors (Lipinski definition) is 2. The summed E-state index contributed by atoms with van der Waals surface area (Å²) in [6.07, 6.45) is 2.65. The summed E-state index contributed by atoms with van der Waals surface area (Å²) in [4.78, 5) is 14.0. The van der Waals surface area contributed by atoms with E-state index in [9.17, 15) is 4.79 Å². The molecular formula is C10H15NOS. The van der Waals surface area contributed by atoms with Gasteiger partial charge in [-0.3, -0.25) is 4.79 Å². The number of likely N-dealkylation sites (tertiary alicyclic amines) is 1. The summed E-state index contributed by atoms with van der Waals surface area (Å²) in [5.74, 6) is 1.56. The van der Waals surface area contributed by atoms with Crippen molar-refractivity contribution < 1.29 is 4.79 Å². The molecule has 72 valence electrons. The van der Waals surface area contributed by atoms with Gasteiger partial charge in [0, 0.05) is 29.5 Å². The average Bonchev–Trinajstić information content (AvgIpc) is 2.76. The molecule has 3 rings (SSSR count). The lowest BCUT2D eigenvalue weighted by Gasteiger charge is -2.18. The highest BCUT2D eigenvalue weighted by Crippen LogP contribution is 2.55. The number of carbonyl (C=O) groups excluding carboxylic acids is 1. The van der Waals surface area contributed by atoms with Crippen LogP contribution in [0.1, 0.15) is 19.8 Å². The maximum Gasteiger partial charge on any atom is 0.227 e. The van der Waals surface area contributed by atoms with E-state index in [0.717, 1.165) is 18.3 Å². The number of rotatable bonds is 1. The highest BCUT2D eigenvalue weighted by atomic mass is 32.2. The second-order valence-electron chi connectivity index (χ2n) is 4.36. The zero-order valence-electron chi connectivity index (χ0n) is 7.90. The smallest absolute Gasteiger partial charge is 0.227 e. The Hall–Kier alpha value is -0.180. The lowest BCUT2D eigenvalue weighted by atomic mass is 9.81. The van der Waals surface area contributed by atoms with E-state index < -0.39 is 0 Å². The Morgan fingerprint density at radius 3 is 2.92 bits per heavy atom. The first kappa shape index (κ1) is 8.16. The molecule has 3 heterocycles. The molecule has 4 unspecified atom stereocenters. The van der Waals surface area contributed by atoms with E-state index in [1.165, 1.54) is 12.8 Å². The summed E-state index contributed by atoms with van der Waals surface area (Å²) in [5, 5.41) is 1.49. The Morgan fingerprint density at radius 2 is 2.23 bits per heavy atom. The largest absolute Gasteiger partial charge is 0.342 e. The topological polar surface area (TPSA) is 20.3 Å². The van der Waals surface area contributed by atoms with Crippen LogP contribution in [0.5, 0.6) is 0 Å². The van der Waals surface area contributed by atoms with Gasteiger partial charge in [-0.15, -0.1) is 0 Å². The molecule has 0 aliphatic carbocycles. The zero-order valence-corrected chi connectivity index (χ0v) is 8.72. The van der Waals surface area contributed by atoms with Gasteiger partial charge in [0.2, 0.25) is 5.91 Å². The van der Waals surface area contributed by atoms with Crippen molar-refractivity contribution in [2.45, 2.75) is 30.3 Å². The van der Waals surface area contributed by atoms with Crippen molar-refractivity contribution >= 4 is 17.7 Å². The van der Waals surface area contributed by atoms with E-state index in [-0.39, 0.29) is 0 Å². The van der Waals surface area contributed by atoms with Crippen LogP contribution in [0.3, 0.4) is 0 Å². The molecule has 0 radical (unpaired) electrons. The Labute approximate surface area is 83.1 Å². The summed E-state index contributed by atoms with van der Waals surface area (Å²) in [7, 11) is 0. The van der Waals surface area contributed by atoms with Crippen LogP contribution in [0.15, 0.2) is 0 Å². The van der Waals surface area contributed by atoms with Gasteiger partial charge < -0.3 is 4.90 Å². The normalized spacial score (nSPS) is 47.5. The van der Waals surface area contributed by atoms with Gasteiger partial charge in [-0.2, -0.15) is 11.8 Å². The van der Waals surface area contributed by atoms with Gasteiger partial charge in [0.1, 0.15) is 0 Å². The minimum Gasteiger partial charge on any atom is -0.342 e. The van der Waals surface area contributed by atoms with Gasteiger partial charge in [-0.1, -0.05) is 0 Å². The fourth-order valence-electron chi connectivity index (χ4n) is 3.19. The second kappa shape index (κ2) is 2.66. The van der Waals surface area contributed by atoms with Crippen molar-refractivity contribution in [1.29, 1.82) is 0 Å². The number of hydrogen-bond donors (Lipinski definition) is 0. The predicted octanol–water partition coefficient (Wildman–Crippen LogP) is 1.36. The Balaban J connectivity index is 1.88. The van der Waals surface area contributed by atoms with Crippen LogP contribution < -0.4 is 0 Å². The molecule has 0 aromatic heterocycles. The highest BCUT2D eigenvalue weighted by molar-refractivity contribution is 8.01. The maximum absolute atomic E-state index is 11.9. The lowest BCUT2D eigenvalue weighted by molar-refractivity contribution is -0.131. The summed E-state index contributed by atoms with van der Waals surface area (Å²) in [6, 6.07) is 0. The van der Waals surface area contributed by atoms with Crippen LogP contribution in [0.4, 0.5) is 0 Å². The second-order valence-corrected chi connectivity index (χ2v) is 5.84. The van der Waals surface area contributed by atoms with Gasteiger partial charge in [-0.05, 0) is 19.8 Å². The molecule has 0 N–H and O–H groups in total. The summed E-state index contributed by atoms with van der Waals surface area (Å²) >= 11 is 2.09. The van der Waals surface area contributed by atoms with Crippen LogP contribution in [0, 0.1) is 11.8 Å². The molecule has 3 aliphatic rings. The van der Waals surface area contributed by atoms with E-state index in [1.54, 1.807) is 0 Å². The third kappa shape index (κ3) is 0.940. The van der Waals surface area contributed by atoms with Crippen LogP contribution in [0.25, 0.3) is 0 Å². The fourth-order valence-corrected chi connectivity index (χ4v) is 5.13. The molecule has 13 heavy (non-hydrogen) atoms. The molecule has 0 aromatic carbocycles. The molecule has 3 aliphatic heterocycles. The van der Waals surface area contributed by atoms with Gasteiger partial charge in [0.15, 0.2) is 0 Å². The first-order valence-corrected chi connectivity index (χ1v) is 6.19. The first-order chi connectivity index (χ1) is 6.31. The van der Waals surface area contributed by atoms with Crippen LogP contribution in [0.2, 0.25) is 0 Å². The molecule has 0 spiro atoms. The molecule has 2 nitrogen and oxygen atoms in total. The standard InChI is InChI=1S/C10H15NOS/c1-2-11-5-6-7-3-4-8(13-7)9(6)10(11)12/h6-9H,2-5H2,1H3. The Kier molecular flexibility index (Phi) is 1.67. The molecule has 0 aromatic rings. The van der Waals surface area contributed by atoms with Crippen LogP contribution in [-0.4, -0.2) is 34.4 Å². The third-order valence-electron chi connectivity index (χ3n) is 3.83. The quantitative estimate of drug-likeness (QED) is 0.632. The molecule has 3 saturated heterocycles. The van der Waals surface area contributed by atoms with Crippen molar-refractivity contribution in [2.24, 2.45) is 11.8 Å². The molecule has 2 bridgehead atoms. The number of amides is 1. The summed E-state index contributed by atoms with van der Waals surface area (Å²) in [5.41, 5.74) is 0. The minimum atomic E-state index is 0.406. The van der Waals surface area contributed by atoms with Crippen molar-refractivity contribution in [3.05, 3.63) is 0 Å². The van der Waals surface area contributed by atoms with E-state index >= 15 is 0 Å².